The molecule has 0 aliphatic carbocycles. The van der Waals surface area contributed by atoms with Gasteiger partial charge in [0.25, 0.3) is 0 Å². The molecule has 0 aliphatic rings. The molecule has 0 bridgehead atoms. The maximum atomic E-state index is 11.7. The minimum absolute atomic E-state index is 0.00912. The van der Waals surface area contributed by atoms with E-state index in [1.807, 2.05) is 13.8 Å². The van der Waals surface area contributed by atoms with Crippen molar-refractivity contribution in [2.24, 2.45) is 0 Å². The normalized spacial score (nSPS) is 10.6. The molecule has 1 N–H and O–H groups in total. The molecule has 94 valence electrons. The van der Waals surface area contributed by atoms with Gasteiger partial charge < -0.3 is 5.11 Å². The first-order valence-corrected chi connectivity index (χ1v) is 6.16. The van der Waals surface area contributed by atoms with Crippen LogP contribution in [0.2, 0.25) is 0 Å². The standard InChI is InChI=1S/C12H12N2O3S/c1-7-8(2)18-12(17)14(7)6-9-4-3-5-10(13-9)11(15)16/h3-5H,6H2,1-2H3,(H,15,16). The van der Waals surface area contributed by atoms with Crippen LogP contribution in [0.4, 0.5) is 0 Å². The van der Waals surface area contributed by atoms with Crippen molar-refractivity contribution < 1.29 is 9.90 Å². The molecule has 0 amide bonds. The lowest BCUT2D eigenvalue weighted by molar-refractivity contribution is 0.0690. The number of aromatic carboxylic acids is 1. The van der Waals surface area contributed by atoms with Crippen LogP contribution in [0.15, 0.2) is 23.0 Å². The van der Waals surface area contributed by atoms with Gasteiger partial charge >= 0.3 is 10.8 Å². The van der Waals surface area contributed by atoms with Gasteiger partial charge in [-0.2, -0.15) is 0 Å². The number of carboxylic acids is 1. The third-order valence-corrected chi connectivity index (χ3v) is 3.72. The number of thiazole rings is 1. The van der Waals surface area contributed by atoms with Crippen LogP contribution in [0.3, 0.4) is 0 Å². The number of hydrogen-bond acceptors (Lipinski definition) is 4. The second-order valence-electron chi connectivity index (χ2n) is 3.92. The molecule has 0 aliphatic heterocycles. The first kappa shape index (κ1) is 12.5. The summed E-state index contributed by atoms with van der Waals surface area (Å²) >= 11 is 1.19. The molecular weight excluding hydrogens is 252 g/mol. The van der Waals surface area contributed by atoms with Crippen molar-refractivity contribution in [2.75, 3.05) is 0 Å². The third-order valence-electron chi connectivity index (χ3n) is 2.72. The van der Waals surface area contributed by atoms with Crippen molar-refractivity contribution in [3.63, 3.8) is 0 Å². The van der Waals surface area contributed by atoms with E-state index in [0.717, 1.165) is 10.6 Å². The summed E-state index contributed by atoms with van der Waals surface area (Å²) in [6, 6.07) is 4.77. The highest BCUT2D eigenvalue weighted by Gasteiger charge is 2.10. The molecule has 0 atom stereocenters. The number of rotatable bonds is 3. The van der Waals surface area contributed by atoms with Crippen LogP contribution >= 0.6 is 11.3 Å². The molecule has 0 saturated heterocycles. The summed E-state index contributed by atoms with van der Waals surface area (Å²) in [4.78, 5) is 27.5. The van der Waals surface area contributed by atoms with Gasteiger partial charge in [0.15, 0.2) is 0 Å². The fourth-order valence-corrected chi connectivity index (χ4v) is 2.45. The van der Waals surface area contributed by atoms with E-state index in [1.165, 1.54) is 17.4 Å². The zero-order valence-corrected chi connectivity index (χ0v) is 10.8. The summed E-state index contributed by atoms with van der Waals surface area (Å²) in [5, 5.41) is 8.86. The summed E-state index contributed by atoms with van der Waals surface area (Å²) in [5.41, 5.74) is 1.45. The van der Waals surface area contributed by atoms with E-state index >= 15 is 0 Å². The number of pyridine rings is 1. The van der Waals surface area contributed by atoms with Crippen LogP contribution in [0.25, 0.3) is 0 Å². The summed E-state index contributed by atoms with van der Waals surface area (Å²) in [6.07, 6.45) is 0. The van der Waals surface area contributed by atoms with Gasteiger partial charge in [0.2, 0.25) is 0 Å². The Hall–Kier alpha value is -1.95. The highest BCUT2D eigenvalue weighted by atomic mass is 32.1. The minimum Gasteiger partial charge on any atom is -0.477 e. The van der Waals surface area contributed by atoms with Crippen molar-refractivity contribution in [2.45, 2.75) is 20.4 Å². The molecule has 0 saturated carbocycles. The van der Waals surface area contributed by atoms with Crippen molar-refractivity contribution in [1.82, 2.24) is 9.55 Å². The van der Waals surface area contributed by atoms with Gasteiger partial charge in [-0.3, -0.25) is 9.36 Å². The predicted octanol–water partition coefficient (Wildman–Crippen LogP) is 1.67. The second kappa shape index (κ2) is 4.73. The van der Waals surface area contributed by atoms with E-state index in [-0.39, 0.29) is 10.6 Å². The maximum absolute atomic E-state index is 11.7. The van der Waals surface area contributed by atoms with E-state index in [0.29, 0.717) is 12.2 Å². The van der Waals surface area contributed by atoms with E-state index < -0.39 is 5.97 Å². The van der Waals surface area contributed by atoms with Crippen LogP contribution in [-0.4, -0.2) is 20.6 Å². The summed E-state index contributed by atoms with van der Waals surface area (Å²) < 4.78 is 1.61. The van der Waals surface area contributed by atoms with Gasteiger partial charge in [0, 0.05) is 10.6 Å². The molecule has 2 heterocycles. The van der Waals surface area contributed by atoms with Crippen molar-refractivity contribution in [1.29, 1.82) is 0 Å². The second-order valence-corrected chi connectivity index (χ2v) is 5.08. The van der Waals surface area contributed by atoms with Gasteiger partial charge in [0.05, 0.1) is 12.2 Å². The molecule has 2 aromatic rings. The smallest absolute Gasteiger partial charge is 0.354 e. The van der Waals surface area contributed by atoms with Gasteiger partial charge in [-0.15, -0.1) is 0 Å². The molecule has 5 nitrogen and oxygen atoms in total. The molecule has 2 aromatic heterocycles. The average Bonchev–Trinajstić information content (AvgIpc) is 2.56. The topological polar surface area (TPSA) is 72.2 Å². The van der Waals surface area contributed by atoms with Gasteiger partial charge in [-0.25, -0.2) is 9.78 Å². The molecule has 0 radical (unpaired) electrons. The van der Waals surface area contributed by atoms with E-state index in [9.17, 15) is 9.59 Å². The highest BCUT2D eigenvalue weighted by molar-refractivity contribution is 7.09. The Balaban J connectivity index is 2.37. The van der Waals surface area contributed by atoms with Crippen molar-refractivity contribution in [3.8, 4) is 0 Å². The lowest BCUT2D eigenvalue weighted by Crippen LogP contribution is -2.16. The molecule has 0 unspecified atom stereocenters. The molecule has 0 fully saturated rings. The number of nitrogens with zero attached hydrogens (tertiary/aromatic N) is 2. The monoisotopic (exact) mass is 264 g/mol. The van der Waals surface area contributed by atoms with Crippen LogP contribution in [0.1, 0.15) is 26.8 Å². The Kier molecular flexibility index (Phi) is 3.29. The van der Waals surface area contributed by atoms with Crippen LogP contribution in [0.5, 0.6) is 0 Å². The quantitative estimate of drug-likeness (QED) is 0.915. The Morgan fingerprint density at radius 3 is 2.72 bits per heavy atom. The Morgan fingerprint density at radius 2 is 2.17 bits per heavy atom. The predicted molar refractivity (Wildman–Crippen MR) is 68.4 cm³/mol. The van der Waals surface area contributed by atoms with Gasteiger partial charge in [-0.1, -0.05) is 17.4 Å². The summed E-state index contributed by atoms with van der Waals surface area (Å²) in [7, 11) is 0. The first-order chi connectivity index (χ1) is 8.49. The first-order valence-electron chi connectivity index (χ1n) is 5.35. The Morgan fingerprint density at radius 1 is 1.44 bits per heavy atom. The number of carbonyl (C=O) groups is 1. The number of hydrogen-bond donors (Lipinski definition) is 1. The van der Waals surface area contributed by atoms with Gasteiger partial charge in [-0.05, 0) is 26.0 Å². The zero-order valence-electron chi connectivity index (χ0n) is 10.0. The summed E-state index contributed by atoms with van der Waals surface area (Å²) in [5.74, 6) is -1.07. The average molecular weight is 264 g/mol. The molecule has 18 heavy (non-hydrogen) atoms. The molecule has 6 heteroatoms. The van der Waals surface area contributed by atoms with Crippen molar-refractivity contribution >= 4 is 17.3 Å². The zero-order chi connectivity index (χ0) is 13.3. The largest absolute Gasteiger partial charge is 0.477 e. The van der Waals surface area contributed by atoms with E-state index in [1.54, 1.807) is 16.7 Å². The Bertz CT molecular complexity index is 658. The fraction of sp³-hybridized carbons (Fsp3) is 0.250. The highest BCUT2D eigenvalue weighted by Crippen LogP contribution is 2.11. The molecule has 2 rings (SSSR count). The maximum Gasteiger partial charge on any atom is 0.354 e. The fourth-order valence-electron chi connectivity index (χ4n) is 1.62. The minimum atomic E-state index is -1.07. The SMILES string of the molecule is Cc1sc(=O)n(Cc2cccc(C(=O)O)n2)c1C. The molecule has 0 spiro atoms. The molecule has 0 aromatic carbocycles. The summed E-state index contributed by atoms with van der Waals surface area (Å²) in [6.45, 7) is 4.06. The molecular formula is C12H12N2O3S. The lowest BCUT2D eigenvalue weighted by Gasteiger charge is -2.05. The van der Waals surface area contributed by atoms with Crippen molar-refractivity contribution in [3.05, 3.63) is 49.8 Å². The number of carboxylic acid groups (broad SMARTS) is 1. The third kappa shape index (κ3) is 2.33. The van der Waals surface area contributed by atoms with Crippen LogP contribution in [0, 0.1) is 13.8 Å². The van der Waals surface area contributed by atoms with Crippen LogP contribution in [-0.2, 0) is 6.54 Å². The Labute approximate surface area is 107 Å². The van der Waals surface area contributed by atoms with E-state index in [4.69, 9.17) is 5.11 Å². The lowest BCUT2D eigenvalue weighted by atomic mass is 10.3. The van der Waals surface area contributed by atoms with Gasteiger partial charge in [0.1, 0.15) is 5.69 Å². The number of aromatic nitrogens is 2. The van der Waals surface area contributed by atoms with E-state index in [2.05, 4.69) is 4.98 Å². The number of aryl methyl sites for hydroxylation is 1. The van der Waals surface area contributed by atoms with Crippen LogP contribution < -0.4 is 4.87 Å².